The van der Waals surface area contributed by atoms with E-state index in [1.54, 1.807) is 18.3 Å². The zero-order valence-electron chi connectivity index (χ0n) is 12.3. The minimum absolute atomic E-state index is 0.0989. The molecule has 1 saturated carbocycles. The fourth-order valence-electron chi connectivity index (χ4n) is 2.76. The normalized spacial score (nSPS) is 15.8. The Labute approximate surface area is 126 Å². The Kier molecular flexibility index (Phi) is 5.41. The first-order chi connectivity index (χ1) is 9.58. The Morgan fingerprint density at radius 3 is 2.75 bits per heavy atom. The van der Waals surface area contributed by atoms with Gasteiger partial charge in [-0.1, -0.05) is 38.3 Å². The van der Waals surface area contributed by atoms with Gasteiger partial charge in [-0.25, -0.2) is 4.98 Å². The molecule has 20 heavy (non-hydrogen) atoms. The van der Waals surface area contributed by atoms with Crippen LogP contribution >= 0.6 is 11.6 Å². The quantitative estimate of drug-likeness (QED) is 0.764. The molecule has 0 N–H and O–H groups in total. The summed E-state index contributed by atoms with van der Waals surface area (Å²) in [7, 11) is 0. The molecule has 1 aliphatic rings. The monoisotopic (exact) mass is 294 g/mol. The first-order valence-corrected chi connectivity index (χ1v) is 7.88. The van der Waals surface area contributed by atoms with Gasteiger partial charge in [-0.15, -0.1) is 0 Å². The summed E-state index contributed by atoms with van der Waals surface area (Å²) in [6, 6.07) is 3.82. The Morgan fingerprint density at radius 1 is 1.45 bits per heavy atom. The standard InChI is InChI=1S/C16H23ClN2O/c1-12(2)8-10-19(14-5-3-4-6-14)16(20)13-7-9-18-15(17)11-13/h7,9,11-12,14H,3-6,8,10H2,1-2H3. The fraction of sp³-hybridized carbons (Fsp3) is 0.625. The molecule has 1 fully saturated rings. The molecule has 4 heteroatoms. The third-order valence-corrected chi connectivity index (χ3v) is 4.15. The van der Waals surface area contributed by atoms with Gasteiger partial charge in [0.25, 0.3) is 5.91 Å². The molecule has 0 spiro atoms. The fourth-order valence-corrected chi connectivity index (χ4v) is 2.94. The molecular weight excluding hydrogens is 272 g/mol. The summed E-state index contributed by atoms with van der Waals surface area (Å²) in [6.07, 6.45) is 7.36. The molecule has 110 valence electrons. The van der Waals surface area contributed by atoms with Crippen LogP contribution in [0.1, 0.15) is 56.3 Å². The first kappa shape index (κ1) is 15.3. The highest BCUT2D eigenvalue weighted by molar-refractivity contribution is 6.29. The highest BCUT2D eigenvalue weighted by Gasteiger charge is 2.27. The van der Waals surface area contributed by atoms with Gasteiger partial charge in [0.05, 0.1) is 0 Å². The second-order valence-electron chi connectivity index (χ2n) is 5.99. The molecular formula is C16H23ClN2O. The van der Waals surface area contributed by atoms with Gasteiger partial charge in [0, 0.05) is 24.3 Å². The van der Waals surface area contributed by atoms with Crippen LogP contribution in [0, 0.1) is 5.92 Å². The number of aromatic nitrogens is 1. The molecule has 2 rings (SSSR count). The largest absolute Gasteiger partial charge is 0.336 e. The van der Waals surface area contributed by atoms with Crippen LogP contribution in [0.3, 0.4) is 0 Å². The maximum atomic E-state index is 12.7. The van der Waals surface area contributed by atoms with Crippen LogP contribution < -0.4 is 0 Å². The summed E-state index contributed by atoms with van der Waals surface area (Å²) in [6.45, 7) is 5.22. The van der Waals surface area contributed by atoms with Gasteiger partial charge >= 0.3 is 0 Å². The molecule has 0 bridgehead atoms. The molecule has 0 saturated heterocycles. The van der Waals surface area contributed by atoms with Crippen molar-refractivity contribution in [2.45, 2.75) is 52.0 Å². The lowest BCUT2D eigenvalue weighted by atomic mass is 10.1. The van der Waals surface area contributed by atoms with E-state index in [1.165, 1.54) is 12.8 Å². The lowest BCUT2D eigenvalue weighted by Crippen LogP contribution is -2.40. The van der Waals surface area contributed by atoms with Gasteiger partial charge in [0.1, 0.15) is 5.15 Å². The molecule has 1 amide bonds. The number of pyridine rings is 1. The van der Waals surface area contributed by atoms with Gasteiger partial charge in [0.2, 0.25) is 0 Å². The second-order valence-corrected chi connectivity index (χ2v) is 6.37. The van der Waals surface area contributed by atoms with Crippen molar-refractivity contribution in [3.8, 4) is 0 Å². The Balaban J connectivity index is 2.14. The smallest absolute Gasteiger partial charge is 0.254 e. The lowest BCUT2D eigenvalue weighted by Gasteiger charge is -2.30. The van der Waals surface area contributed by atoms with Gasteiger partial charge < -0.3 is 4.90 Å². The Bertz CT molecular complexity index is 456. The third kappa shape index (κ3) is 3.95. The van der Waals surface area contributed by atoms with Crippen LogP contribution in [0.2, 0.25) is 5.15 Å². The minimum atomic E-state index is 0.0989. The van der Waals surface area contributed by atoms with Crippen molar-refractivity contribution in [3.63, 3.8) is 0 Å². The van der Waals surface area contributed by atoms with Crippen LogP contribution in [0.5, 0.6) is 0 Å². The van der Waals surface area contributed by atoms with Crippen LogP contribution in [0.25, 0.3) is 0 Å². The van der Waals surface area contributed by atoms with Crippen LogP contribution in [-0.2, 0) is 0 Å². The predicted octanol–water partition coefficient (Wildman–Crippen LogP) is 4.17. The summed E-state index contributed by atoms with van der Waals surface area (Å²) in [4.78, 5) is 18.7. The van der Waals surface area contributed by atoms with Crippen LogP contribution in [0.4, 0.5) is 0 Å². The molecule has 1 aromatic rings. The zero-order valence-corrected chi connectivity index (χ0v) is 13.1. The number of rotatable bonds is 5. The number of carbonyl (C=O) groups is 1. The average Bonchev–Trinajstić information content (AvgIpc) is 2.92. The SMILES string of the molecule is CC(C)CCN(C(=O)c1ccnc(Cl)c1)C1CCCC1. The Morgan fingerprint density at radius 2 is 2.15 bits per heavy atom. The number of nitrogens with zero attached hydrogens (tertiary/aromatic N) is 2. The minimum Gasteiger partial charge on any atom is -0.336 e. The van der Waals surface area contributed by atoms with Gasteiger partial charge in [-0.05, 0) is 37.3 Å². The number of amides is 1. The summed E-state index contributed by atoms with van der Waals surface area (Å²) in [5, 5.41) is 0.381. The summed E-state index contributed by atoms with van der Waals surface area (Å²) < 4.78 is 0. The van der Waals surface area contributed by atoms with Gasteiger partial charge in [0.15, 0.2) is 0 Å². The van der Waals surface area contributed by atoms with Crippen LogP contribution in [-0.4, -0.2) is 28.4 Å². The number of hydrogen-bond acceptors (Lipinski definition) is 2. The maximum Gasteiger partial charge on any atom is 0.254 e. The van der Waals surface area contributed by atoms with E-state index in [0.29, 0.717) is 22.7 Å². The number of carbonyl (C=O) groups excluding carboxylic acids is 1. The molecule has 0 radical (unpaired) electrons. The van der Waals surface area contributed by atoms with Crippen LogP contribution in [0.15, 0.2) is 18.3 Å². The van der Waals surface area contributed by atoms with E-state index in [4.69, 9.17) is 11.6 Å². The molecule has 1 aliphatic carbocycles. The summed E-state index contributed by atoms with van der Waals surface area (Å²) >= 11 is 5.90. The van der Waals surface area contributed by atoms with E-state index in [0.717, 1.165) is 25.8 Å². The van der Waals surface area contributed by atoms with Crippen molar-refractivity contribution in [3.05, 3.63) is 29.0 Å². The lowest BCUT2D eigenvalue weighted by molar-refractivity contribution is 0.0672. The number of halogens is 1. The highest BCUT2D eigenvalue weighted by atomic mass is 35.5. The summed E-state index contributed by atoms with van der Waals surface area (Å²) in [5.74, 6) is 0.703. The van der Waals surface area contributed by atoms with Crippen molar-refractivity contribution in [2.75, 3.05) is 6.54 Å². The van der Waals surface area contributed by atoms with Crippen molar-refractivity contribution < 1.29 is 4.79 Å². The van der Waals surface area contributed by atoms with Gasteiger partial charge in [-0.2, -0.15) is 0 Å². The topological polar surface area (TPSA) is 33.2 Å². The average molecular weight is 295 g/mol. The molecule has 0 atom stereocenters. The molecule has 3 nitrogen and oxygen atoms in total. The van der Waals surface area contributed by atoms with Gasteiger partial charge in [-0.3, -0.25) is 4.79 Å². The molecule has 0 aromatic carbocycles. The number of hydrogen-bond donors (Lipinski definition) is 0. The van der Waals surface area contributed by atoms with E-state index < -0.39 is 0 Å². The Hall–Kier alpha value is -1.09. The van der Waals surface area contributed by atoms with E-state index >= 15 is 0 Å². The predicted molar refractivity (Wildman–Crippen MR) is 82.0 cm³/mol. The highest BCUT2D eigenvalue weighted by Crippen LogP contribution is 2.26. The van der Waals surface area contributed by atoms with E-state index in [9.17, 15) is 4.79 Å². The summed E-state index contributed by atoms with van der Waals surface area (Å²) in [5.41, 5.74) is 0.653. The van der Waals surface area contributed by atoms with E-state index in [2.05, 4.69) is 23.7 Å². The molecule has 0 unspecified atom stereocenters. The maximum absolute atomic E-state index is 12.7. The van der Waals surface area contributed by atoms with E-state index in [1.807, 2.05) is 0 Å². The molecule has 0 aliphatic heterocycles. The second kappa shape index (κ2) is 7.07. The van der Waals surface area contributed by atoms with Crippen molar-refractivity contribution in [2.24, 2.45) is 5.92 Å². The first-order valence-electron chi connectivity index (χ1n) is 7.50. The van der Waals surface area contributed by atoms with Crippen molar-refractivity contribution in [1.82, 2.24) is 9.88 Å². The van der Waals surface area contributed by atoms with E-state index in [-0.39, 0.29) is 5.91 Å². The molecule has 1 heterocycles. The van der Waals surface area contributed by atoms with Crippen molar-refractivity contribution >= 4 is 17.5 Å². The third-order valence-electron chi connectivity index (χ3n) is 3.95. The molecule has 1 aromatic heterocycles. The zero-order chi connectivity index (χ0) is 14.5. The van der Waals surface area contributed by atoms with Crippen molar-refractivity contribution in [1.29, 1.82) is 0 Å².